The van der Waals surface area contributed by atoms with Gasteiger partial charge in [-0.05, 0) is 62.1 Å². The number of carbonyl (C=O) groups is 1. The van der Waals surface area contributed by atoms with Gasteiger partial charge in [-0.2, -0.15) is 0 Å². The molecule has 0 aliphatic carbocycles. The van der Waals surface area contributed by atoms with Crippen LogP contribution in [0.1, 0.15) is 18.4 Å². The normalized spacial score (nSPS) is 15.4. The van der Waals surface area contributed by atoms with Crippen molar-refractivity contribution in [3.8, 4) is 0 Å². The van der Waals surface area contributed by atoms with Crippen LogP contribution in [0.25, 0.3) is 0 Å². The Bertz CT molecular complexity index is 907. The number of carbonyl (C=O) groups excluding carboxylic acids is 1. The number of sulfonamides is 1. The van der Waals surface area contributed by atoms with Crippen LogP contribution in [0.3, 0.4) is 0 Å². The van der Waals surface area contributed by atoms with Crippen molar-refractivity contribution in [3.63, 3.8) is 0 Å². The van der Waals surface area contributed by atoms with E-state index >= 15 is 0 Å². The fourth-order valence-electron chi connectivity index (χ4n) is 3.10. The first-order valence-electron chi connectivity index (χ1n) is 9.21. The van der Waals surface area contributed by atoms with Crippen LogP contribution in [0, 0.1) is 18.7 Å². The zero-order valence-electron chi connectivity index (χ0n) is 15.7. The van der Waals surface area contributed by atoms with E-state index in [1.54, 1.807) is 29.2 Å². The molecule has 8 heteroatoms. The maximum absolute atomic E-state index is 12.9. The van der Waals surface area contributed by atoms with Crippen molar-refractivity contribution in [2.45, 2.75) is 24.7 Å². The molecule has 1 heterocycles. The Morgan fingerprint density at radius 2 is 1.68 bits per heavy atom. The van der Waals surface area contributed by atoms with Crippen molar-refractivity contribution in [2.75, 3.05) is 25.0 Å². The molecule has 2 aromatic carbocycles. The molecule has 0 atom stereocenters. The molecule has 0 radical (unpaired) electrons. The lowest BCUT2D eigenvalue weighted by atomic mass is 9.97. The van der Waals surface area contributed by atoms with E-state index in [0.717, 1.165) is 5.56 Å². The van der Waals surface area contributed by atoms with Crippen molar-refractivity contribution >= 4 is 21.7 Å². The first-order valence-corrected chi connectivity index (χ1v) is 10.7. The van der Waals surface area contributed by atoms with E-state index in [2.05, 4.69) is 10.0 Å². The minimum Gasteiger partial charge on any atom is -0.325 e. The lowest BCUT2D eigenvalue weighted by Gasteiger charge is -2.32. The predicted octanol–water partition coefficient (Wildman–Crippen LogP) is 3.36. The fourth-order valence-corrected chi connectivity index (χ4v) is 4.22. The largest absolute Gasteiger partial charge is 0.325 e. The number of halogens is 1. The molecule has 1 aliphatic rings. The Hall–Kier alpha value is -2.45. The second-order valence-electron chi connectivity index (χ2n) is 7.03. The van der Waals surface area contributed by atoms with Gasteiger partial charge in [0.25, 0.3) is 0 Å². The minimum absolute atomic E-state index is 0.176. The van der Waals surface area contributed by atoms with Crippen LogP contribution in [-0.2, 0) is 10.0 Å². The molecular weight excluding hydrogens is 381 g/mol. The van der Waals surface area contributed by atoms with Gasteiger partial charge in [-0.15, -0.1) is 0 Å². The molecule has 2 aromatic rings. The van der Waals surface area contributed by atoms with Crippen molar-refractivity contribution < 1.29 is 17.6 Å². The molecule has 2 amide bonds. The molecule has 1 fully saturated rings. The standard InChI is InChI=1S/C20H24FN3O3S/c1-15-2-8-19(9-3-15)28(26,27)22-14-16-10-12-24(13-11-16)20(25)23-18-6-4-17(21)5-7-18/h2-9,16,22H,10-14H2,1H3,(H,23,25). The summed E-state index contributed by atoms with van der Waals surface area (Å²) in [5.74, 6) is -0.179. The molecule has 0 unspecified atom stereocenters. The molecule has 1 aliphatic heterocycles. The van der Waals surface area contributed by atoms with Crippen LogP contribution in [0.2, 0.25) is 0 Å². The zero-order valence-corrected chi connectivity index (χ0v) is 16.5. The van der Waals surface area contributed by atoms with Crippen LogP contribution >= 0.6 is 0 Å². The summed E-state index contributed by atoms with van der Waals surface area (Å²) in [6, 6.07) is 12.1. The van der Waals surface area contributed by atoms with Crippen molar-refractivity contribution in [1.82, 2.24) is 9.62 Å². The summed E-state index contributed by atoms with van der Waals surface area (Å²) in [7, 11) is -3.52. The van der Waals surface area contributed by atoms with Gasteiger partial charge in [-0.1, -0.05) is 17.7 Å². The molecule has 28 heavy (non-hydrogen) atoms. The first kappa shape index (κ1) is 20.3. The molecule has 0 spiro atoms. The third kappa shape index (κ3) is 5.30. The number of benzene rings is 2. The summed E-state index contributed by atoms with van der Waals surface area (Å²) in [4.78, 5) is 14.2. The Morgan fingerprint density at radius 3 is 2.29 bits per heavy atom. The average molecular weight is 405 g/mol. The Morgan fingerprint density at radius 1 is 1.07 bits per heavy atom. The number of piperidine rings is 1. The van der Waals surface area contributed by atoms with Gasteiger partial charge in [-0.25, -0.2) is 22.3 Å². The van der Waals surface area contributed by atoms with Gasteiger partial charge in [-0.3, -0.25) is 0 Å². The third-order valence-electron chi connectivity index (χ3n) is 4.89. The second kappa shape index (κ2) is 8.70. The molecule has 0 bridgehead atoms. The molecule has 150 valence electrons. The van der Waals surface area contributed by atoms with Crippen LogP contribution in [0.5, 0.6) is 0 Å². The van der Waals surface area contributed by atoms with Crippen LogP contribution < -0.4 is 10.0 Å². The molecule has 3 rings (SSSR count). The van der Waals surface area contributed by atoms with E-state index in [1.165, 1.54) is 24.3 Å². The summed E-state index contributed by atoms with van der Waals surface area (Å²) >= 11 is 0. The van der Waals surface area contributed by atoms with Crippen LogP contribution in [-0.4, -0.2) is 39.0 Å². The van der Waals surface area contributed by atoms with Gasteiger partial charge in [0.2, 0.25) is 10.0 Å². The lowest BCUT2D eigenvalue weighted by Crippen LogP contribution is -2.43. The number of urea groups is 1. The van der Waals surface area contributed by atoms with E-state index in [0.29, 0.717) is 38.2 Å². The highest BCUT2D eigenvalue weighted by molar-refractivity contribution is 7.89. The summed E-state index contributed by atoms with van der Waals surface area (Å²) < 4.78 is 40.4. The van der Waals surface area contributed by atoms with E-state index in [-0.39, 0.29) is 22.7 Å². The summed E-state index contributed by atoms with van der Waals surface area (Å²) in [6.07, 6.45) is 1.43. The van der Waals surface area contributed by atoms with Gasteiger partial charge in [0.1, 0.15) is 5.82 Å². The van der Waals surface area contributed by atoms with E-state index < -0.39 is 10.0 Å². The van der Waals surface area contributed by atoms with Gasteiger partial charge >= 0.3 is 6.03 Å². The number of likely N-dealkylation sites (tertiary alicyclic amines) is 1. The molecule has 6 nitrogen and oxygen atoms in total. The van der Waals surface area contributed by atoms with E-state index in [9.17, 15) is 17.6 Å². The Labute approximate surface area is 164 Å². The molecule has 0 saturated carbocycles. The molecular formula is C20H24FN3O3S. The quantitative estimate of drug-likeness (QED) is 0.801. The van der Waals surface area contributed by atoms with Crippen molar-refractivity contribution in [3.05, 3.63) is 59.9 Å². The topological polar surface area (TPSA) is 78.5 Å². The zero-order chi connectivity index (χ0) is 20.1. The van der Waals surface area contributed by atoms with Crippen LogP contribution in [0.4, 0.5) is 14.9 Å². The van der Waals surface area contributed by atoms with Gasteiger partial charge in [0.15, 0.2) is 0 Å². The second-order valence-corrected chi connectivity index (χ2v) is 8.80. The number of aryl methyl sites for hydroxylation is 1. The maximum Gasteiger partial charge on any atom is 0.321 e. The number of anilines is 1. The molecule has 1 saturated heterocycles. The highest BCUT2D eigenvalue weighted by Crippen LogP contribution is 2.19. The van der Waals surface area contributed by atoms with E-state index in [4.69, 9.17) is 0 Å². The monoisotopic (exact) mass is 405 g/mol. The summed E-state index contributed by atoms with van der Waals surface area (Å²) in [5, 5.41) is 2.74. The molecule has 2 N–H and O–H groups in total. The third-order valence-corrected chi connectivity index (χ3v) is 6.33. The van der Waals surface area contributed by atoms with Crippen molar-refractivity contribution in [2.24, 2.45) is 5.92 Å². The summed E-state index contributed by atoms with van der Waals surface area (Å²) in [5.41, 5.74) is 1.55. The fraction of sp³-hybridized carbons (Fsp3) is 0.350. The average Bonchev–Trinajstić information content (AvgIpc) is 2.69. The lowest BCUT2D eigenvalue weighted by molar-refractivity contribution is 0.183. The van der Waals surface area contributed by atoms with Gasteiger partial charge in [0, 0.05) is 25.3 Å². The predicted molar refractivity (Wildman–Crippen MR) is 106 cm³/mol. The minimum atomic E-state index is -3.52. The number of nitrogens with zero attached hydrogens (tertiary/aromatic N) is 1. The van der Waals surface area contributed by atoms with Gasteiger partial charge in [0.05, 0.1) is 4.90 Å². The number of nitrogens with one attached hydrogen (secondary N) is 2. The Kier molecular flexibility index (Phi) is 6.31. The van der Waals surface area contributed by atoms with Crippen molar-refractivity contribution in [1.29, 1.82) is 0 Å². The molecule has 0 aromatic heterocycles. The van der Waals surface area contributed by atoms with E-state index in [1.807, 2.05) is 6.92 Å². The number of rotatable bonds is 5. The van der Waals surface area contributed by atoms with Gasteiger partial charge < -0.3 is 10.2 Å². The first-order chi connectivity index (χ1) is 13.3. The number of amides is 2. The SMILES string of the molecule is Cc1ccc(S(=O)(=O)NCC2CCN(C(=O)Nc3ccc(F)cc3)CC2)cc1. The highest BCUT2D eigenvalue weighted by atomic mass is 32.2. The number of hydrogen-bond donors (Lipinski definition) is 2. The Balaban J connectivity index is 1.46. The summed E-state index contributed by atoms with van der Waals surface area (Å²) in [6.45, 7) is 3.35. The maximum atomic E-state index is 12.9. The van der Waals surface area contributed by atoms with Crippen LogP contribution in [0.15, 0.2) is 53.4 Å². The number of hydrogen-bond acceptors (Lipinski definition) is 3. The highest BCUT2D eigenvalue weighted by Gasteiger charge is 2.24. The smallest absolute Gasteiger partial charge is 0.321 e.